The third-order valence-electron chi connectivity index (χ3n) is 4.35. The van der Waals surface area contributed by atoms with Crippen LogP contribution in [0.15, 0.2) is 54.6 Å². The van der Waals surface area contributed by atoms with Crippen LogP contribution in [0.2, 0.25) is 19.6 Å². The fourth-order valence-corrected chi connectivity index (χ4v) is 3.64. The van der Waals surface area contributed by atoms with Crippen LogP contribution in [0.4, 0.5) is 16.3 Å². The van der Waals surface area contributed by atoms with Crippen LogP contribution < -0.4 is 20.7 Å². The van der Waals surface area contributed by atoms with Crippen LogP contribution in [0.3, 0.4) is 0 Å². The summed E-state index contributed by atoms with van der Waals surface area (Å²) >= 11 is 0. The number of rotatable bonds is 5. The number of anilines is 2. The molecule has 7 heteroatoms. The summed E-state index contributed by atoms with van der Waals surface area (Å²) in [6.45, 7) is 8.74. The van der Waals surface area contributed by atoms with Crippen LogP contribution in [-0.4, -0.2) is 31.0 Å². The Bertz CT molecular complexity index is 958. The summed E-state index contributed by atoms with van der Waals surface area (Å²) in [4.78, 5) is 12.5. The van der Waals surface area contributed by atoms with Gasteiger partial charge in [0.25, 0.3) is 0 Å². The number of hydrogen-bond acceptors (Lipinski definition) is 3. The summed E-state index contributed by atoms with van der Waals surface area (Å²) in [5.41, 5.74) is 2.77. The Morgan fingerprint density at radius 1 is 1.00 bits per heavy atom. The number of carbonyl (C=O) groups excluding carboxylic acids is 1. The van der Waals surface area contributed by atoms with E-state index in [1.807, 2.05) is 37.3 Å². The van der Waals surface area contributed by atoms with Gasteiger partial charge >= 0.3 is 6.03 Å². The van der Waals surface area contributed by atoms with E-state index in [1.54, 1.807) is 36.1 Å². The Hall–Kier alpha value is -3.06. The van der Waals surface area contributed by atoms with Crippen molar-refractivity contribution in [2.45, 2.75) is 26.6 Å². The Morgan fingerprint density at radius 2 is 1.64 bits per heavy atom. The lowest BCUT2D eigenvalue weighted by molar-refractivity contribution is 0.262. The van der Waals surface area contributed by atoms with Crippen molar-refractivity contribution < 1.29 is 9.53 Å². The second kappa shape index (κ2) is 7.90. The summed E-state index contributed by atoms with van der Waals surface area (Å²) in [5.74, 6) is 1.38. The molecule has 3 aromatic rings. The van der Waals surface area contributed by atoms with Gasteiger partial charge in [0.05, 0.1) is 12.8 Å². The van der Waals surface area contributed by atoms with E-state index in [1.165, 1.54) is 5.56 Å². The van der Waals surface area contributed by atoms with Crippen molar-refractivity contribution in [3.63, 3.8) is 0 Å². The molecule has 0 aliphatic heterocycles. The zero-order valence-electron chi connectivity index (χ0n) is 16.9. The SMILES string of the molecule is COc1ccc(NC(=O)Nc2cc([Si-](C)(C)C)nn2-c2ccc(C)cc2)cc1. The molecular weight excluding hydrogens is 368 g/mol. The highest BCUT2D eigenvalue weighted by Crippen LogP contribution is 2.18. The summed E-state index contributed by atoms with van der Waals surface area (Å²) < 4.78 is 6.93. The van der Waals surface area contributed by atoms with Crippen LogP contribution >= 0.6 is 0 Å². The Labute approximate surface area is 166 Å². The van der Waals surface area contributed by atoms with Crippen LogP contribution in [-0.2, 0) is 0 Å². The molecule has 0 unspecified atom stereocenters. The highest BCUT2D eigenvalue weighted by molar-refractivity contribution is 6.88. The second-order valence-electron chi connectivity index (χ2n) is 7.72. The molecule has 3 rings (SSSR count). The van der Waals surface area contributed by atoms with Crippen molar-refractivity contribution in [3.05, 3.63) is 60.2 Å². The standard InChI is InChI=1S/C21H26N4O2Si/c1-15-6-10-17(11-7-15)25-19(14-20(24-25)28(3,4)5)23-21(26)22-16-8-12-18(27-2)13-9-16/h6-14H,1-5H3,(H2,22,23,26)/q-1. The van der Waals surface area contributed by atoms with Crippen LogP contribution in [0.5, 0.6) is 5.75 Å². The van der Waals surface area contributed by atoms with Gasteiger partial charge in [-0.25, -0.2) is 14.6 Å². The smallest absolute Gasteiger partial charge is 0.324 e. The Kier molecular flexibility index (Phi) is 5.55. The topological polar surface area (TPSA) is 68.2 Å². The van der Waals surface area contributed by atoms with E-state index < -0.39 is 8.07 Å². The van der Waals surface area contributed by atoms with Gasteiger partial charge in [-0.15, -0.1) is 0 Å². The first-order valence-electron chi connectivity index (χ1n) is 9.16. The normalized spacial score (nSPS) is 11.2. The van der Waals surface area contributed by atoms with Crippen molar-refractivity contribution in [2.75, 3.05) is 17.7 Å². The number of methoxy groups -OCH3 is 1. The van der Waals surface area contributed by atoms with Crippen LogP contribution in [0.25, 0.3) is 5.69 Å². The number of amides is 2. The highest BCUT2D eigenvalue weighted by atomic mass is 28.3. The minimum Gasteiger partial charge on any atom is -0.497 e. The largest absolute Gasteiger partial charge is 0.497 e. The van der Waals surface area contributed by atoms with Gasteiger partial charge < -0.3 is 10.1 Å². The van der Waals surface area contributed by atoms with E-state index in [0.29, 0.717) is 11.5 Å². The Balaban J connectivity index is 1.85. The zero-order chi connectivity index (χ0) is 20.3. The molecule has 0 fully saturated rings. The fourth-order valence-electron chi connectivity index (χ4n) is 2.67. The third kappa shape index (κ3) is 4.61. The molecular formula is C21H26N4O2Si-. The van der Waals surface area contributed by atoms with Gasteiger partial charge in [-0.2, -0.15) is 19.6 Å². The van der Waals surface area contributed by atoms with Gasteiger partial charge in [0.15, 0.2) is 0 Å². The number of aromatic nitrogens is 2. The summed E-state index contributed by atoms with van der Waals surface area (Å²) in [6.07, 6.45) is 0. The molecule has 0 bridgehead atoms. The number of carbonyl (C=O) groups is 1. The van der Waals surface area contributed by atoms with Gasteiger partial charge in [-0.3, -0.25) is 5.32 Å². The van der Waals surface area contributed by atoms with Crippen molar-refractivity contribution in [1.82, 2.24) is 9.78 Å². The minimum atomic E-state index is -1.64. The second-order valence-corrected chi connectivity index (χ2v) is 12.7. The quantitative estimate of drug-likeness (QED) is 0.631. The van der Waals surface area contributed by atoms with Crippen molar-refractivity contribution >= 4 is 30.9 Å². The van der Waals surface area contributed by atoms with Crippen LogP contribution in [0, 0.1) is 6.92 Å². The maximum absolute atomic E-state index is 12.5. The zero-order valence-corrected chi connectivity index (χ0v) is 17.9. The molecule has 0 aliphatic rings. The van der Waals surface area contributed by atoms with E-state index in [9.17, 15) is 4.79 Å². The summed E-state index contributed by atoms with van der Waals surface area (Å²) in [6, 6.07) is 16.9. The van der Waals surface area contributed by atoms with E-state index in [2.05, 4.69) is 30.3 Å². The van der Waals surface area contributed by atoms with Crippen molar-refractivity contribution in [1.29, 1.82) is 0 Å². The van der Waals surface area contributed by atoms with Gasteiger partial charge in [-0.1, -0.05) is 31.1 Å². The molecule has 2 aromatic carbocycles. The predicted octanol–water partition coefficient (Wildman–Crippen LogP) is 4.38. The van der Waals surface area contributed by atoms with E-state index in [4.69, 9.17) is 9.84 Å². The first-order chi connectivity index (χ1) is 13.3. The van der Waals surface area contributed by atoms with E-state index in [0.717, 1.165) is 16.8 Å². The van der Waals surface area contributed by atoms with Gasteiger partial charge in [0, 0.05) is 5.69 Å². The molecule has 0 atom stereocenters. The molecule has 28 heavy (non-hydrogen) atoms. The number of ether oxygens (including phenoxy) is 1. The lowest BCUT2D eigenvalue weighted by Crippen LogP contribution is -2.39. The maximum atomic E-state index is 12.5. The molecule has 1 heterocycles. The van der Waals surface area contributed by atoms with Gasteiger partial charge in [0.1, 0.15) is 11.6 Å². The van der Waals surface area contributed by atoms with E-state index >= 15 is 0 Å². The molecule has 1 aromatic heterocycles. The molecule has 6 nitrogen and oxygen atoms in total. The lowest BCUT2D eigenvalue weighted by Gasteiger charge is -2.24. The van der Waals surface area contributed by atoms with Gasteiger partial charge in [-0.05, 0) is 49.4 Å². The molecule has 0 radical (unpaired) electrons. The molecule has 0 saturated carbocycles. The average molecular weight is 395 g/mol. The maximum Gasteiger partial charge on any atom is 0.324 e. The average Bonchev–Trinajstić information content (AvgIpc) is 3.07. The summed E-state index contributed by atoms with van der Waals surface area (Å²) in [7, 11) is -0.0323. The number of aryl methyl sites for hydroxylation is 1. The van der Waals surface area contributed by atoms with Crippen molar-refractivity contribution in [3.8, 4) is 11.4 Å². The molecule has 0 saturated heterocycles. The number of benzene rings is 2. The fraction of sp³-hybridized carbons (Fsp3) is 0.238. The van der Waals surface area contributed by atoms with Gasteiger partial charge in [0.2, 0.25) is 0 Å². The monoisotopic (exact) mass is 394 g/mol. The third-order valence-corrected chi connectivity index (χ3v) is 6.13. The first-order valence-corrected chi connectivity index (χ1v) is 12.7. The molecule has 2 amide bonds. The number of hydrogen-bond donors (Lipinski definition) is 2. The lowest BCUT2D eigenvalue weighted by atomic mass is 10.2. The number of nitrogens with one attached hydrogen (secondary N) is 2. The van der Waals surface area contributed by atoms with Crippen LogP contribution in [0.1, 0.15) is 5.56 Å². The highest BCUT2D eigenvalue weighted by Gasteiger charge is 2.15. The predicted molar refractivity (Wildman–Crippen MR) is 117 cm³/mol. The first kappa shape index (κ1) is 19.7. The minimum absolute atomic E-state index is 0.319. The summed E-state index contributed by atoms with van der Waals surface area (Å²) in [5, 5.41) is 11.6. The number of nitrogens with zero attached hydrogens (tertiary/aromatic N) is 2. The molecule has 0 aliphatic carbocycles. The number of urea groups is 1. The van der Waals surface area contributed by atoms with E-state index in [-0.39, 0.29) is 6.03 Å². The van der Waals surface area contributed by atoms with Crippen molar-refractivity contribution in [2.24, 2.45) is 0 Å². The molecule has 147 valence electrons. The Morgan fingerprint density at radius 3 is 2.21 bits per heavy atom. The molecule has 0 spiro atoms. The molecule has 2 N–H and O–H groups in total.